The molecule has 5 nitrogen and oxygen atoms in total. The molecule has 0 saturated heterocycles. The van der Waals surface area contributed by atoms with Gasteiger partial charge in [0.25, 0.3) is 5.69 Å². The fourth-order valence-electron chi connectivity index (χ4n) is 0.863. The van der Waals surface area contributed by atoms with E-state index in [-0.39, 0.29) is 17.5 Å². The van der Waals surface area contributed by atoms with Gasteiger partial charge in [-0.2, -0.15) is 0 Å². The molecule has 16 heavy (non-hydrogen) atoms. The van der Waals surface area contributed by atoms with Gasteiger partial charge in [-0.15, -0.1) is 0 Å². The van der Waals surface area contributed by atoms with Crippen LogP contribution >= 0.6 is 11.9 Å². The monoisotopic (exact) mass is 240 g/mol. The molecule has 1 amide bonds. The number of carbonyl (C=O) groups is 1. The highest BCUT2D eigenvalue weighted by Crippen LogP contribution is 2.19. The summed E-state index contributed by atoms with van der Waals surface area (Å²) in [6.07, 6.45) is 0. The van der Waals surface area contributed by atoms with E-state index in [9.17, 15) is 14.9 Å². The second-order valence-corrected chi connectivity index (χ2v) is 4.35. The van der Waals surface area contributed by atoms with Crippen LogP contribution in [0.4, 0.5) is 5.69 Å². The van der Waals surface area contributed by atoms with Gasteiger partial charge in [0, 0.05) is 22.9 Å². The lowest BCUT2D eigenvalue weighted by atomic mass is 10.2. The highest BCUT2D eigenvalue weighted by atomic mass is 32.2. The molecule has 0 aliphatic heterocycles. The van der Waals surface area contributed by atoms with Crippen LogP contribution in [-0.4, -0.2) is 10.8 Å². The number of non-ortho nitro benzene ring substituents is 1. The van der Waals surface area contributed by atoms with E-state index in [2.05, 4.69) is 4.72 Å². The van der Waals surface area contributed by atoms with Crippen molar-refractivity contribution in [1.29, 1.82) is 0 Å². The Morgan fingerprint density at radius 1 is 1.38 bits per heavy atom. The first-order chi connectivity index (χ1) is 7.50. The van der Waals surface area contributed by atoms with Gasteiger partial charge in [-0.1, -0.05) is 13.8 Å². The van der Waals surface area contributed by atoms with Crippen molar-refractivity contribution in [1.82, 2.24) is 4.72 Å². The zero-order valence-corrected chi connectivity index (χ0v) is 9.78. The number of nitro groups is 1. The smallest absolute Gasteiger partial charge is 0.269 e. The average molecular weight is 240 g/mol. The third kappa shape index (κ3) is 3.54. The zero-order chi connectivity index (χ0) is 12.1. The van der Waals surface area contributed by atoms with Crippen molar-refractivity contribution < 1.29 is 9.72 Å². The maximum atomic E-state index is 11.3. The minimum atomic E-state index is -0.457. The summed E-state index contributed by atoms with van der Waals surface area (Å²) in [5.41, 5.74) is 0.0412. The van der Waals surface area contributed by atoms with E-state index >= 15 is 0 Å². The van der Waals surface area contributed by atoms with Crippen LogP contribution in [0.2, 0.25) is 0 Å². The first-order valence-electron chi connectivity index (χ1n) is 4.72. The van der Waals surface area contributed by atoms with Crippen molar-refractivity contribution in [2.75, 3.05) is 0 Å². The van der Waals surface area contributed by atoms with E-state index in [0.29, 0.717) is 0 Å². The van der Waals surface area contributed by atoms with Gasteiger partial charge in [0.15, 0.2) is 0 Å². The molecule has 0 radical (unpaired) electrons. The van der Waals surface area contributed by atoms with Gasteiger partial charge in [0.05, 0.1) is 4.92 Å². The second-order valence-electron chi connectivity index (χ2n) is 3.47. The molecule has 0 fully saturated rings. The van der Waals surface area contributed by atoms with Crippen LogP contribution in [0.25, 0.3) is 0 Å². The predicted molar refractivity (Wildman–Crippen MR) is 61.9 cm³/mol. The molecule has 6 heteroatoms. The Morgan fingerprint density at radius 2 is 1.94 bits per heavy atom. The Bertz CT molecular complexity index is 390. The number of benzene rings is 1. The molecule has 1 N–H and O–H groups in total. The van der Waals surface area contributed by atoms with Crippen molar-refractivity contribution in [2.45, 2.75) is 18.7 Å². The number of nitro benzene ring substituents is 1. The van der Waals surface area contributed by atoms with Gasteiger partial charge in [-0.3, -0.25) is 19.6 Å². The van der Waals surface area contributed by atoms with E-state index in [4.69, 9.17) is 0 Å². The van der Waals surface area contributed by atoms with Crippen molar-refractivity contribution in [3.63, 3.8) is 0 Å². The molecule has 0 aliphatic rings. The molecule has 1 aromatic carbocycles. The molecule has 0 heterocycles. The molecule has 0 atom stereocenters. The minimum Gasteiger partial charge on any atom is -0.296 e. The standard InChI is InChI=1S/C10H12N2O3S/c1-7(2)10(13)11-16-9-5-3-8(4-6-9)12(14)15/h3-7H,1-2H3,(H,11,13). The number of nitrogens with zero attached hydrogens (tertiary/aromatic N) is 1. The molecule has 0 unspecified atom stereocenters. The summed E-state index contributed by atoms with van der Waals surface area (Å²) in [6.45, 7) is 3.59. The molecular formula is C10H12N2O3S. The summed E-state index contributed by atoms with van der Waals surface area (Å²) in [5, 5.41) is 10.4. The summed E-state index contributed by atoms with van der Waals surface area (Å²) >= 11 is 1.16. The quantitative estimate of drug-likeness (QED) is 0.498. The van der Waals surface area contributed by atoms with Crippen molar-refractivity contribution in [3.05, 3.63) is 34.4 Å². The Morgan fingerprint density at radius 3 is 2.38 bits per heavy atom. The highest BCUT2D eigenvalue weighted by molar-refractivity contribution is 7.98. The van der Waals surface area contributed by atoms with Gasteiger partial charge in [-0.25, -0.2) is 0 Å². The van der Waals surface area contributed by atoms with Crippen LogP contribution in [0.3, 0.4) is 0 Å². The fourth-order valence-corrected chi connectivity index (χ4v) is 1.59. The Kier molecular flexibility index (Phi) is 4.30. The van der Waals surface area contributed by atoms with E-state index in [1.54, 1.807) is 26.0 Å². The Hall–Kier alpha value is -1.56. The van der Waals surface area contributed by atoms with Crippen LogP contribution in [0.15, 0.2) is 29.2 Å². The normalized spacial score (nSPS) is 10.2. The van der Waals surface area contributed by atoms with Crippen LogP contribution in [-0.2, 0) is 4.79 Å². The molecule has 1 rings (SSSR count). The molecular weight excluding hydrogens is 228 g/mol. The maximum absolute atomic E-state index is 11.3. The summed E-state index contributed by atoms with van der Waals surface area (Å²) in [6, 6.07) is 6.01. The molecule has 86 valence electrons. The number of rotatable bonds is 4. The zero-order valence-electron chi connectivity index (χ0n) is 8.97. The van der Waals surface area contributed by atoms with E-state index in [0.717, 1.165) is 16.8 Å². The van der Waals surface area contributed by atoms with Gasteiger partial charge < -0.3 is 0 Å². The lowest BCUT2D eigenvalue weighted by Crippen LogP contribution is -2.21. The van der Waals surface area contributed by atoms with Gasteiger partial charge >= 0.3 is 0 Å². The van der Waals surface area contributed by atoms with Crippen molar-refractivity contribution in [3.8, 4) is 0 Å². The molecule has 0 aliphatic carbocycles. The Labute approximate surface area is 97.5 Å². The third-order valence-electron chi connectivity index (χ3n) is 1.84. The molecule has 1 aromatic rings. The van der Waals surface area contributed by atoms with Crippen LogP contribution < -0.4 is 4.72 Å². The molecule has 0 aromatic heterocycles. The number of hydrogen-bond acceptors (Lipinski definition) is 4. The first-order valence-corrected chi connectivity index (χ1v) is 5.53. The maximum Gasteiger partial charge on any atom is 0.269 e. The lowest BCUT2D eigenvalue weighted by molar-refractivity contribution is -0.384. The van der Waals surface area contributed by atoms with E-state index in [1.165, 1.54) is 12.1 Å². The first kappa shape index (κ1) is 12.5. The topological polar surface area (TPSA) is 72.2 Å². The third-order valence-corrected chi connectivity index (χ3v) is 2.65. The number of amides is 1. The highest BCUT2D eigenvalue weighted by Gasteiger charge is 2.08. The number of hydrogen-bond donors (Lipinski definition) is 1. The lowest BCUT2D eigenvalue weighted by Gasteiger charge is -2.05. The number of nitrogens with one attached hydrogen (secondary N) is 1. The Balaban J connectivity index is 2.56. The van der Waals surface area contributed by atoms with Gasteiger partial charge in [-0.05, 0) is 24.1 Å². The molecule has 0 bridgehead atoms. The minimum absolute atomic E-state index is 0.0412. The summed E-state index contributed by atoms with van der Waals surface area (Å²) in [4.78, 5) is 22.0. The van der Waals surface area contributed by atoms with Crippen LogP contribution in [0.1, 0.15) is 13.8 Å². The van der Waals surface area contributed by atoms with E-state index < -0.39 is 4.92 Å². The van der Waals surface area contributed by atoms with Crippen LogP contribution in [0, 0.1) is 16.0 Å². The summed E-state index contributed by atoms with van der Waals surface area (Å²) < 4.78 is 2.65. The van der Waals surface area contributed by atoms with Gasteiger partial charge in [0.1, 0.15) is 0 Å². The van der Waals surface area contributed by atoms with Crippen molar-refractivity contribution in [2.24, 2.45) is 5.92 Å². The van der Waals surface area contributed by atoms with E-state index in [1.807, 2.05) is 0 Å². The SMILES string of the molecule is CC(C)C(=O)NSc1ccc([N+](=O)[O-])cc1. The fraction of sp³-hybridized carbons (Fsp3) is 0.300. The molecule has 0 saturated carbocycles. The largest absolute Gasteiger partial charge is 0.296 e. The number of carbonyl (C=O) groups excluding carboxylic acids is 1. The van der Waals surface area contributed by atoms with Gasteiger partial charge in [0.2, 0.25) is 5.91 Å². The van der Waals surface area contributed by atoms with Crippen LogP contribution in [0.5, 0.6) is 0 Å². The predicted octanol–water partition coefficient (Wildman–Crippen LogP) is 2.37. The summed E-state index contributed by atoms with van der Waals surface area (Å²) in [7, 11) is 0. The molecule has 0 spiro atoms. The van der Waals surface area contributed by atoms with Crippen molar-refractivity contribution >= 4 is 23.5 Å². The second kappa shape index (κ2) is 5.50. The summed E-state index contributed by atoms with van der Waals surface area (Å²) in [5.74, 6) is -0.145. The average Bonchev–Trinajstić information content (AvgIpc) is 2.26.